The van der Waals surface area contributed by atoms with E-state index >= 15 is 0 Å². The summed E-state index contributed by atoms with van der Waals surface area (Å²) in [5.74, 6) is 3.23. The van der Waals surface area contributed by atoms with Crippen LogP contribution in [0, 0.1) is 12.8 Å². The Bertz CT molecular complexity index is 854. The van der Waals surface area contributed by atoms with E-state index in [9.17, 15) is 0 Å². The maximum absolute atomic E-state index is 5.33. The van der Waals surface area contributed by atoms with Crippen LogP contribution >= 0.6 is 0 Å². The number of allylic oxidation sites excluding steroid dienone is 2. The number of nitrogens with zero attached hydrogens (tertiary/aromatic N) is 3. The molecule has 2 aliphatic carbocycles. The molecular weight excluding hydrogens is 302 g/mol. The highest BCUT2D eigenvalue weighted by Gasteiger charge is 2.13. The van der Waals surface area contributed by atoms with Crippen molar-refractivity contribution in [2.75, 3.05) is 7.11 Å². The maximum atomic E-state index is 5.33. The molecule has 1 fully saturated rings. The summed E-state index contributed by atoms with van der Waals surface area (Å²) in [6, 6.07) is 0. The lowest BCUT2D eigenvalue weighted by molar-refractivity contribution is 0.287. The Morgan fingerprint density at radius 2 is 2.08 bits per heavy atom. The number of methoxy groups -OCH3 is 1. The van der Waals surface area contributed by atoms with E-state index in [1.165, 1.54) is 18.2 Å². The first-order valence-corrected chi connectivity index (χ1v) is 8.57. The van der Waals surface area contributed by atoms with Crippen LogP contribution in [0.15, 0.2) is 22.6 Å². The van der Waals surface area contributed by atoms with Crippen LogP contribution in [0.5, 0.6) is 0 Å². The van der Waals surface area contributed by atoms with E-state index in [0.717, 1.165) is 35.4 Å². The zero-order valence-electron chi connectivity index (χ0n) is 14.9. The first-order valence-electron chi connectivity index (χ1n) is 8.57. The Kier molecular flexibility index (Phi) is 4.88. The van der Waals surface area contributed by atoms with Crippen LogP contribution < -0.4 is 10.6 Å². The van der Waals surface area contributed by atoms with Crippen LogP contribution in [0.4, 0.5) is 0 Å². The summed E-state index contributed by atoms with van der Waals surface area (Å²) in [5, 5.41) is 6.31. The highest BCUT2D eigenvalue weighted by Crippen LogP contribution is 2.26. The number of aryl methyl sites for hydroxylation is 2. The van der Waals surface area contributed by atoms with Gasteiger partial charge in [0.15, 0.2) is 0 Å². The second kappa shape index (κ2) is 7.07. The van der Waals surface area contributed by atoms with Crippen LogP contribution in [0.25, 0.3) is 23.5 Å². The Morgan fingerprint density at radius 3 is 2.62 bits per heavy atom. The fraction of sp³-hybridized carbons (Fsp3) is 0.474. The van der Waals surface area contributed by atoms with Crippen molar-refractivity contribution < 1.29 is 9.26 Å². The van der Waals surface area contributed by atoms with Gasteiger partial charge in [-0.25, -0.2) is 0 Å². The van der Waals surface area contributed by atoms with Gasteiger partial charge in [-0.3, -0.25) is 0 Å². The molecule has 1 saturated carbocycles. The summed E-state index contributed by atoms with van der Waals surface area (Å²) < 4.78 is 12.6. The normalized spacial score (nSPS) is 15.9. The van der Waals surface area contributed by atoms with E-state index in [2.05, 4.69) is 46.9 Å². The minimum atomic E-state index is 0.573. The molecule has 4 rings (SSSR count). The molecular formula is C19H25N3O2. The van der Waals surface area contributed by atoms with Crippen molar-refractivity contribution in [3.63, 3.8) is 0 Å². The second-order valence-corrected chi connectivity index (χ2v) is 6.36. The first kappa shape index (κ1) is 16.6. The molecule has 2 heterocycles. The molecule has 2 aliphatic rings. The number of hydrogen-bond acceptors (Lipinski definition) is 4. The van der Waals surface area contributed by atoms with Crippen LogP contribution in [-0.4, -0.2) is 21.8 Å². The third kappa shape index (κ3) is 3.61. The van der Waals surface area contributed by atoms with Gasteiger partial charge in [0.1, 0.15) is 0 Å². The van der Waals surface area contributed by atoms with Gasteiger partial charge >= 0.3 is 0 Å². The third-order valence-corrected chi connectivity index (χ3v) is 4.33. The average molecular weight is 327 g/mol. The summed E-state index contributed by atoms with van der Waals surface area (Å²) in [4.78, 5) is 4.33. The molecule has 0 spiro atoms. The molecule has 5 heteroatoms. The van der Waals surface area contributed by atoms with Crippen LogP contribution in [0.2, 0.25) is 0 Å². The highest BCUT2D eigenvalue weighted by atomic mass is 16.5. The Balaban J connectivity index is 0.000000370. The van der Waals surface area contributed by atoms with E-state index < -0.39 is 0 Å². The lowest BCUT2D eigenvalue weighted by Crippen LogP contribution is -2.28. The van der Waals surface area contributed by atoms with Crippen LogP contribution in [-0.2, 0) is 11.3 Å². The quantitative estimate of drug-likeness (QED) is 0.870. The number of rotatable bonds is 3. The van der Waals surface area contributed by atoms with Gasteiger partial charge in [-0.05, 0) is 25.0 Å². The summed E-state index contributed by atoms with van der Waals surface area (Å²) in [7, 11) is 1.70. The van der Waals surface area contributed by atoms with Crippen molar-refractivity contribution in [1.29, 1.82) is 0 Å². The van der Waals surface area contributed by atoms with Gasteiger partial charge in [-0.15, -0.1) is 0 Å². The van der Waals surface area contributed by atoms with E-state index in [0.29, 0.717) is 11.7 Å². The highest BCUT2D eigenvalue weighted by molar-refractivity contribution is 5.61. The molecule has 0 aromatic carbocycles. The monoisotopic (exact) mass is 327 g/mol. The van der Waals surface area contributed by atoms with Gasteiger partial charge < -0.3 is 13.8 Å². The Morgan fingerprint density at radius 1 is 1.33 bits per heavy atom. The Hall–Kier alpha value is -2.30. The summed E-state index contributed by atoms with van der Waals surface area (Å²) in [6.07, 6.45) is 12.1. The molecule has 0 unspecified atom stereocenters. The Labute approximate surface area is 142 Å². The van der Waals surface area contributed by atoms with Gasteiger partial charge in [0, 0.05) is 42.2 Å². The lowest BCUT2D eigenvalue weighted by Gasteiger charge is -2.00. The summed E-state index contributed by atoms with van der Waals surface area (Å²) in [6.45, 7) is 7.09. The van der Waals surface area contributed by atoms with Crippen molar-refractivity contribution >= 4 is 12.2 Å². The van der Waals surface area contributed by atoms with Gasteiger partial charge in [0.05, 0.1) is 12.9 Å². The summed E-state index contributed by atoms with van der Waals surface area (Å²) in [5.41, 5.74) is 0.989. The molecule has 128 valence electrons. The minimum Gasteiger partial charge on any atom is -0.501 e. The molecule has 0 amide bonds. The number of ether oxygens (including phenoxy) is 1. The van der Waals surface area contributed by atoms with Crippen molar-refractivity contribution in [3.05, 3.63) is 34.5 Å². The predicted molar refractivity (Wildman–Crippen MR) is 94.4 cm³/mol. The van der Waals surface area contributed by atoms with E-state index in [1.54, 1.807) is 14.0 Å². The molecule has 0 atom stereocenters. The lowest BCUT2D eigenvalue weighted by atomic mass is 10.2. The fourth-order valence-electron chi connectivity index (χ4n) is 2.60. The van der Waals surface area contributed by atoms with Gasteiger partial charge in [-0.1, -0.05) is 31.0 Å². The zero-order chi connectivity index (χ0) is 17.1. The molecule has 0 N–H and O–H groups in total. The second-order valence-electron chi connectivity index (χ2n) is 6.36. The molecule has 0 aliphatic heterocycles. The third-order valence-electron chi connectivity index (χ3n) is 4.33. The predicted octanol–water partition coefficient (Wildman–Crippen LogP) is 2.78. The number of hydrogen-bond donors (Lipinski definition) is 0. The largest absolute Gasteiger partial charge is 0.501 e. The van der Waals surface area contributed by atoms with Crippen molar-refractivity contribution in [2.24, 2.45) is 5.92 Å². The SMILES string of the molecule is CC1CC1.CCn1cc(-c2noc(C)n2)c2c1=CCC(OC)=CC=2. The van der Waals surface area contributed by atoms with E-state index in [1.807, 2.05) is 6.08 Å². The molecule has 24 heavy (non-hydrogen) atoms. The van der Waals surface area contributed by atoms with Gasteiger partial charge in [0.25, 0.3) is 0 Å². The topological polar surface area (TPSA) is 53.1 Å². The first-order chi connectivity index (χ1) is 11.6. The number of fused-ring (bicyclic) bond motifs is 1. The molecule has 2 aromatic heterocycles. The van der Waals surface area contributed by atoms with Crippen LogP contribution in [0.3, 0.4) is 0 Å². The maximum Gasteiger partial charge on any atom is 0.223 e. The van der Waals surface area contributed by atoms with E-state index in [-0.39, 0.29) is 0 Å². The van der Waals surface area contributed by atoms with Crippen molar-refractivity contribution in [1.82, 2.24) is 14.7 Å². The summed E-state index contributed by atoms with van der Waals surface area (Å²) >= 11 is 0. The van der Waals surface area contributed by atoms with Gasteiger partial charge in [-0.2, -0.15) is 4.98 Å². The molecule has 2 aromatic rings. The van der Waals surface area contributed by atoms with Crippen molar-refractivity contribution in [2.45, 2.75) is 46.6 Å². The van der Waals surface area contributed by atoms with Gasteiger partial charge in [0.2, 0.25) is 11.7 Å². The van der Waals surface area contributed by atoms with Crippen molar-refractivity contribution in [3.8, 4) is 11.4 Å². The average Bonchev–Trinajstić information content (AvgIpc) is 3.19. The molecule has 0 saturated heterocycles. The smallest absolute Gasteiger partial charge is 0.223 e. The number of aromatic nitrogens is 3. The van der Waals surface area contributed by atoms with E-state index in [4.69, 9.17) is 9.26 Å². The molecule has 5 nitrogen and oxygen atoms in total. The minimum absolute atomic E-state index is 0.573. The molecule has 0 radical (unpaired) electrons. The fourth-order valence-corrected chi connectivity index (χ4v) is 2.60. The molecule has 0 bridgehead atoms. The zero-order valence-corrected chi connectivity index (χ0v) is 14.9. The standard InChI is InChI=1S/C15H17N3O2.C4H8/c1-4-18-9-13(15-16-10(2)20-17-15)12-7-5-11(19-3)6-8-14(12)18;1-4-2-3-4/h5,7-9H,4,6H2,1-3H3;4H,2-3H2,1H3. The van der Waals surface area contributed by atoms with Crippen LogP contribution in [0.1, 0.15) is 39.0 Å².